The van der Waals surface area contributed by atoms with Crippen LogP contribution in [0, 0.1) is 0 Å². The first-order chi connectivity index (χ1) is 9.72. The van der Waals surface area contributed by atoms with Crippen molar-refractivity contribution in [2.45, 2.75) is 6.61 Å². The molecule has 1 aromatic carbocycles. The van der Waals surface area contributed by atoms with Crippen LogP contribution in [0.1, 0.15) is 11.1 Å². The highest BCUT2D eigenvalue weighted by molar-refractivity contribution is 6.29. The average molecular weight is 292 g/mol. The molecule has 5 nitrogen and oxygen atoms in total. The molecule has 0 unspecified atom stereocenters. The number of hydrazone groups is 1. The molecule has 0 radical (unpaired) electrons. The molecule has 0 saturated carbocycles. The quantitative estimate of drug-likeness (QED) is 0.398. The van der Waals surface area contributed by atoms with Crippen LogP contribution >= 0.6 is 11.6 Å². The van der Waals surface area contributed by atoms with Gasteiger partial charge in [0.1, 0.15) is 11.8 Å². The largest absolute Gasteiger partial charge is 0.493 e. The SMILES string of the molecule is COc1cc(C=NN)ccc1OCc1ccc(Cl)nc1. The van der Waals surface area contributed by atoms with E-state index < -0.39 is 0 Å². The number of rotatable bonds is 5. The average Bonchev–Trinajstić information content (AvgIpc) is 2.47. The zero-order valence-corrected chi connectivity index (χ0v) is 11.7. The first-order valence-electron chi connectivity index (χ1n) is 5.87. The van der Waals surface area contributed by atoms with Gasteiger partial charge in [0.2, 0.25) is 0 Å². The summed E-state index contributed by atoms with van der Waals surface area (Å²) in [4.78, 5) is 4.00. The summed E-state index contributed by atoms with van der Waals surface area (Å²) < 4.78 is 11.0. The molecule has 0 amide bonds. The Morgan fingerprint density at radius 1 is 1.30 bits per heavy atom. The molecule has 6 heteroatoms. The maximum atomic E-state index is 5.73. The molecule has 0 aliphatic heterocycles. The van der Waals surface area contributed by atoms with Crippen LogP contribution in [0.4, 0.5) is 0 Å². The zero-order valence-electron chi connectivity index (χ0n) is 10.9. The molecule has 2 N–H and O–H groups in total. The number of hydrogen-bond acceptors (Lipinski definition) is 5. The number of ether oxygens (including phenoxy) is 2. The molecule has 0 spiro atoms. The van der Waals surface area contributed by atoms with E-state index in [0.717, 1.165) is 11.1 Å². The second kappa shape index (κ2) is 6.77. The topological polar surface area (TPSA) is 69.7 Å². The van der Waals surface area contributed by atoms with Gasteiger partial charge >= 0.3 is 0 Å². The lowest BCUT2D eigenvalue weighted by Crippen LogP contribution is -1.99. The van der Waals surface area contributed by atoms with Crippen molar-refractivity contribution in [1.29, 1.82) is 0 Å². The highest BCUT2D eigenvalue weighted by Crippen LogP contribution is 2.28. The van der Waals surface area contributed by atoms with Crippen molar-refractivity contribution in [1.82, 2.24) is 4.98 Å². The molecule has 0 saturated heterocycles. The molecule has 0 bridgehead atoms. The van der Waals surface area contributed by atoms with E-state index in [1.165, 1.54) is 6.21 Å². The Balaban J connectivity index is 2.10. The fourth-order valence-corrected chi connectivity index (χ4v) is 1.73. The maximum Gasteiger partial charge on any atom is 0.161 e. The summed E-state index contributed by atoms with van der Waals surface area (Å²) in [6.45, 7) is 0.380. The van der Waals surface area contributed by atoms with Crippen LogP contribution in [-0.2, 0) is 6.61 Å². The summed E-state index contributed by atoms with van der Waals surface area (Å²) in [5.41, 5.74) is 1.76. The molecule has 0 fully saturated rings. The molecule has 104 valence electrons. The standard InChI is InChI=1S/C14H14ClN3O2/c1-19-13-6-10(8-18-16)2-4-12(13)20-9-11-3-5-14(15)17-7-11/h2-8H,9,16H2,1H3. The van der Waals surface area contributed by atoms with E-state index in [1.54, 1.807) is 31.5 Å². The third kappa shape index (κ3) is 3.61. The monoisotopic (exact) mass is 291 g/mol. The Bertz CT molecular complexity index is 600. The minimum Gasteiger partial charge on any atom is -0.493 e. The fourth-order valence-electron chi connectivity index (χ4n) is 1.62. The maximum absolute atomic E-state index is 5.73. The van der Waals surface area contributed by atoms with Crippen LogP contribution in [0.3, 0.4) is 0 Å². The number of methoxy groups -OCH3 is 1. The van der Waals surface area contributed by atoms with E-state index in [9.17, 15) is 0 Å². The van der Waals surface area contributed by atoms with Crippen molar-refractivity contribution >= 4 is 17.8 Å². The summed E-state index contributed by atoms with van der Waals surface area (Å²) in [5.74, 6) is 6.37. The molecule has 1 aromatic heterocycles. The van der Waals surface area contributed by atoms with Gasteiger partial charge in [-0.3, -0.25) is 0 Å². The molecular formula is C14H14ClN3O2. The lowest BCUT2D eigenvalue weighted by atomic mass is 10.2. The first-order valence-corrected chi connectivity index (χ1v) is 6.25. The van der Waals surface area contributed by atoms with E-state index in [4.69, 9.17) is 26.9 Å². The van der Waals surface area contributed by atoms with Gasteiger partial charge in [-0.05, 0) is 29.8 Å². The summed E-state index contributed by atoms with van der Waals surface area (Å²) in [5, 5.41) is 3.93. The van der Waals surface area contributed by atoms with E-state index in [0.29, 0.717) is 23.3 Å². The first kappa shape index (κ1) is 14.1. The minimum atomic E-state index is 0.380. The second-order valence-corrected chi connectivity index (χ2v) is 4.35. The van der Waals surface area contributed by atoms with Crippen molar-refractivity contribution in [3.63, 3.8) is 0 Å². The van der Waals surface area contributed by atoms with Gasteiger partial charge in [-0.1, -0.05) is 17.7 Å². The van der Waals surface area contributed by atoms with Crippen LogP contribution in [0.25, 0.3) is 0 Å². The van der Waals surface area contributed by atoms with Crippen LogP contribution < -0.4 is 15.3 Å². The second-order valence-electron chi connectivity index (χ2n) is 3.97. The minimum absolute atomic E-state index is 0.380. The van der Waals surface area contributed by atoms with Gasteiger partial charge in [-0.25, -0.2) is 4.98 Å². The van der Waals surface area contributed by atoms with Gasteiger partial charge in [0.25, 0.3) is 0 Å². The number of nitrogens with zero attached hydrogens (tertiary/aromatic N) is 2. The Hall–Kier alpha value is -2.27. The number of nitrogens with two attached hydrogens (primary N) is 1. The number of pyridine rings is 1. The molecule has 0 aliphatic rings. The summed E-state index contributed by atoms with van der Waals surface area (Å²) in [7, 11) is 1.58. The van der Waals surface area contributed by atoms with Gasteiger partial charge in [-0.15, -0.1) is 0 Å². The van der Waals surface area contributed by atoms with Gasteiger partial charge < -0.3 is 15.3 Å². The Labute approximate surface area is 122 Å². The Morgan fingerprint density at radius 3 is 2.80 bits per heavy atom. The molecule has 0 atom stereocenters. The zero-order chi connectivity index (χ0) is 14.4. The van der Waals surface area contributed by atoms with Crippen molar-refractivity contribution in [2.75, 3.05) is 7.11 Å². The predicted octanol–water partition coefficient (Wildman–Crippen LogP) is 2.62. The fraction of sp³-hybridized carbons (Fsp3) is 0.143. The lowest BCUT2D eigenvalue weighted by Gasteiger charge is -2.11. The summed E-state index contributed by atoms with van der Waals surface area (Å²) in [6.07, 6.45) is 3.21. The third-order valence-corrected chi connectivity index (χ3v) is 2.82. The van der Waals surface area contributed by atoms with Crippen LogP contribution in [-0.4, -0.2) is 18.3 Å². The number of benzene rings is 1. The third-order valence-electron chi connectivity index (χ3n) is 2.59. The van der Waals surface area contributed by atoms with Gasteiger partial charge in [0.15, 0.2) is 11.5 Å². The van der Waals surface area contributed by atoms with E-state index in [1.807, 2.05) is 12.1 Å². The highest BCUT2D eigenvalue weighted by atomic mass is 35.5. The van der Waals surface area contributed by atoms with Crippen LogP contribution in [0.15, 0.2) is 41.6 Å². The smallest absolute Gasteiger partial charge is 0.161 e. The highest BCUT2D eigenvalue weighted by Gasteiger charge is 2.05. The molecule has 20 heavy (non-hydrogen) atoms. The van der Waals surface area contributed by atoms with E-state index in [2.05, 4.69) is 10.1 Å². The molecule has 2 rings (SSSR count). The molecule has 1 heterocycles. The van der Waals surface area contributed by atoms with Crippen molar-refractivity contribution in [2.24, 2.45) is 10.9 Å². The van der Waals surface area contributed by atoms with Crippen molar-refractivity contribution in [3.8, 4) is 11.5 Å². The van der Waals surface area contributed by atoms with Crippen molar-refractivity contribution in [3.05, 3.63) is 52.8 Å². The van der Waals surface area contributed by atoms with E-state index in [-0.39, 0.29) is 0 Å². The van der Waals surface area contributed by atoms with Crippen LogP contribution in [0.2, 0.25) is 5.15 Å². The molecule has 0 aliphatic carbocycles. The molecular weight excluding hydrogens is 278 g/mol. The predicted molar refractivity (Wildman–Crippen MR) is 78.4 cm³/mol. The number of hydrogen-bond donors (Lipinski definition) is 1. The number of halogens is 1. The van der Waals surface area contributed by atoms with Crippen molar-refractivity contribution < 1.29 is 9.47 Å². The number of aromatic nitrogens is 1. The lowest BCUT2D eigenvalue weighted by molar-refractivity contribution is 0.284. The summed E-state index contributed by atoms with van der Waals surface area (Å²) in [6, 6.07) is 9.02. The van der Waals surface area contributed by atoms with E-state index >= 15 is 0 Å². The summed E-state index contributed by atoms with van der Waals surface area (Å²) >= 11 is 5.73. The Morgan fingerprint density at radius 2 is 2.15 bits per heavy atom. The Kier molecular flexibility index (Phi) is 4.79. The van der Waals surface area contributed by atoms with Crippen LogP contribution in [0.5, 0.6) is 11.5 Å². The molecule has 2 aromatic rings. The normalized spacial score (nSPS) is 10.7. The van der Waals surface area contributed by atoms with Gasteiger partial charge in [-0.2, -0.15) is 5.10 Å². The van der Waals surface area contributed by atoms with Gasteiger partial charge in [0.05, 0.1) is 13.3 Å². The van der Waals surface area contributed by atoms with Gasteiger partial charge in [0, 0.05) is 11.8 Å².